The van der Waals surface area contributed by atoms with Crippen LogP contribution in [0.25, 0.3) is 0 Å². The Hall–Kier alpha value is -0.520. The largest absolute Gasteiger partial charge is 0.0993 e. The first kappa shape index (κ1) is 9.05. The van der Waals surface area contributed by atoms with Gasteiger partial charge in [0.2, 0.25) is 0 Å². The highest BCUT2D eigenvalue weighted by atomic mass is 14.4. The van der Waals surface area contributed by atoms with Crippen LogP contribution in [0.1, 0.15) is 46.0 Å². The van der Waals surface area contributed by atoms with E-state index in [-0.39, 0.29) is 0 Å². The van der Waals surface area contributed by atoms with Gasteiger partial charge in [-0.25, -0.2) is 0 Å². The molecule has 0 bridgehead atoms. The van der Waals surface area contributed by atoms with E-state index in [2.05, 4.69) is 26.5 Å². The van der Waals surface area contributed by atoms with Crippen LogP contribution in [0, 0.1) is 11.3 Å². The Kier molecular flexibility index (Phi) is 2.09. The lowest BCUT2D eigenvalue weighted by atomic mass is 9.58. The second-order valence-electron chi connectivity index (χ2n) is 4.95. The van der Waals surface area contributed by atoms with Gasteiger partial charge in [-0.05, 0) is 50.4 Å². The third-order valence-corrected chi connectivity index (χ3v) is 4.23. The van der Waals surface area contributed by atoms with Gasteiger partial charge in [0.05, 0.1) is 0 Å². The fourth-order valence-electron chi connectivity index (χ4n) is 3.19. The van der Waals surface area contributed by atoms with E-state index >= 15 is 0 Å². The molecule has 0 amide bonds. The predicted molar refractivity (Wildman–Crippen MR) is 57.6 cm³/mol. The van der Waals surface area contributed by atoms with Gasteiger partial charge >= 0.3 is 0 Å². The summed E-state index contributed by atoms with van der Waals surface area (Å²) < 4.78 is 0. The molecule has 0 heterocycles. The monoisotopic (exact) mass is 176 g/mol. The van der Waals surface area contributed by atoms with Crippen molar-refractivity contribution < 1.29 is 0 Å². The number of rotatable bonds is 0. The highest BCUT2D eigenvalue weighted by Crippen LogP contribution is 2.52. The van der Waals surface area contributed by atoms with Crippen molar-refractivity contribution >= 4 is 0 Å². The fourth-order valence-corrected chi connectivity index (χ4v) is 3.19. The molecule has 2 rings (SSSR count). The van der Waals surface area contributed by atoms with Gasteiger partial charge in [-0.1, -0.05) is 30.7 Å². The normalized spacial score (nSPS) is 39.7. The first-order valence-corrected chi connectivity index (χ1v) is 5.49. The summed E-state index contributed by atoms with van der Waals surface area (Å²) in [4.78, 5) is 0. The quantitative estimate of drug-likeness (QED) is 0.488. The number of hydrogen-bond donors (Lipinski definition) is 0. The molecule has 0 saturated heterocycles. The second-order valence-corrected chi connectivity index (χ2v) is 4.95. The molecular formula is C13H20. The lowest BCUT2D eigenvalue weighted by Gasteiger charge is -2.46. The van der Waals surface area contributed by atoms with Crippen LogP contribution in [0.15, 0.2) is 23.8 Å². The van der Waals surface area contributed by atoms with E-state index in [0.29, 0.717) is 5.41 Å². The highest BCUT2D eigenvalue weighted by molar-refractivity contribution is 5.24. The Bertz CT molecular complexity index is 259. The summed E-state index contributed by atoms with van der Waals surface area (Å²) in [6.07, 6.45) is 9.03. The molecular weight excluding hydrogens is 156 g/mol. The third-order valence-electron chi connectivity index (χ3n) is 4.23. The molecule has 0 aromatic heterocycles. The third kappa shape index (κ3) is 1.27. The molecule has 0 spiro atoms. The summed E-state index contributed by atoms with van der Waals surface area (Å²) in [5.41, 5.74) is 3.57. The van der Waals surface area contributed by atoms with Crippen molar-refractivity contribution in [3.05, 3.63) is 23.8 Å². The van der Waals surface area contributed by atoms with Crippen LogP contribution in [0.5, 0.6) is 0 Å². The number of hydrogen-bond acceptors (Lipinski definition) is 0. The van der Waals surface area contributed by atoms with Crippen molar-refractivity contribution in [1.29, 1.82) is 0 Å². The second kappa shape index (κ2) is 3.01. The zero-order valence-corrected chi connectivity index (χ0v) is 8.90. The van der Waals surface area contributed by atoms with E-state index < -0.39 is 0 Å². The summed E-state index contributed by atoms with van der Waals surface area (Å²) in [5, 5.41) is 0. The van der Waals surface area contributed by atoms with E-state index in [1.54, 1.807) is 5.57 Å². The Morgan fingerprint density at radius 2 is 2.31 bits per heavy atom. The highest BCUT2D eigenvalue weighted by Gasteiger charge is 2.40. The van der Waals surface area contributed by atoms with Gasteiger partial charge in [-0.2, -0.15) is 0 Å². The van der Waals surface area contributed by atoms with Crippen molar-refractivity contribution in [3.8, 4) is 0 Å². The molecule has 0 aromatic carbocycles. The summed E-state index contributed by atoms with van der Waals surface area (Å²) in [7, 11) is 0. The molecule has 1 fully saturated rings. The smallest absolute Gasteiger partial charge is 0.00508 e. The Morgan fingerprint density at radius 1 is 1.54 bits per heavy atom. The van der Waals surface area contributed by atoms with E-state index in [1.807, 2.05) is 0 Å². The molecule has 13 heavy (non-hydrogen) atoms. The van der Waals surface area contributed by atoms with E-state index in [0.717, 1.165) is 5.92 Å². The predicted octanol–water partition coefficient (Wildman–Crippen LogP) is 4.09. The average molecular weight is 176 g/mol. The summed E-state index contributed by atoms with van der Waals surface area (Å²) in [6, 6.07) is 0. The number of fused-ring (bicyclic) bond motifs is 1. The van der Waals surface area contributed by atoms with E-state index in [4.69, 9.17) is 0 Å². The van der Waals surface area contributed by atoms with Gasteiger partial charge in [0.25, 0.3) is 0 Å². The molecule has 0 radical (unpaired) electrons. The Labute approximate surface area is 81.7 Å². The minimum atomic E-state index is 0.442. The minimum Gasteiger partial charge on any atom is -0.0993 e. The zero-order chi connectivity index (χ0) is 9.47. The lowest BCUT2D eigenvalue weighted by Crippen LogP contribution is -2.35. The molecule has 0 aliphatic heterocycles. The fraction of sp³-hybridized carbons (Fsp3) is 0.692. The molecule has 0 aromatic rings. The average Bonchev–Trinajstić information content (AvgIpc) is 2.08. The lowest BCUT2D eigenvalue weighted by molar-refractivity contribution is 0.191. The van der Waals surface area contributed by atoms with Crippen molar-refractivity contribution in [3.63, 3.8) is 0 Å². The van der Waals surface area contributed by atoms with Crippen molar-refractivity contribution in [2.75, 3.05) is 0 Å². The van der Waals surface area contributed by atoms with Crippen LogP contribution in [0.3, 0.4) is 0 Å². The van der Waals surface area contributed by atoms with E-state index in [9.17, 15) is 0 Å². The van der Waals surface area contributed by atoms with Gasteiger partial charge in [-0.15, -0.1) is 0 Å². The van der Waals surface area contributed by atoms with Crippen LogP contribution < -0.4 is 0 Å². The first-order chi connectivity index (χ1) is 6.14. The Morgan fingerprint density at radius 3 is 3.00 bits per heavy atom. The van der Waals surface area contributed by atoms with Gasteiger partial charge in [-0.3, -0.25) is 0 Å². The molecule has 0 N–H and O–H groups in total. The van der Waals surface area contributed by atoms with Crippen LogP contribution in [-0.4, -0.2) is 0 Å². The maximum Gasteiger partial charge on any atom is -0.00508 e. The van der Waals surface area contributed by atoms with Crippen LogP contribution in [0.4, 0.5) is 0 Å². The van der Waals surface area contributed by atoms with Gasteiger partial charge < -0.3 is 0 Å². The van der Waals surface area contributed by atoms with Gasteiger partial charge in [0, 0.05) is 0 Å². The molecule has 2 aliphatic carbocycles. The van der Waals surface area contributed by atoms with Crippen LogP contribution in [-0.2, 0) is 0 Å². The minimum absolute atomic E-state index is 0.442. The summed E-state index contributed by atoms with van der Waals surface area (Å²) >= 11 is 0. The maximum atomic E-state index is 4.28. The van der Waals surface area contributed by atoms with Crippen LogP contribution >= 0.6 is 0 Å². The molecule has 2 atom stereocenters. The molecule has 0 heteroatoms. The maximum absolute atomic E-state index is 4.28. The topological polar surface area (TPSA) is 0 Å². The van der Waals surface area contributed by atoms with Crippen molar-refractivity contribution in [2.45, 2.75) is 46.0 Å². The van der Waals surface area contributed by atoms with E-state index in [1.165, 1.54) is 37.7 Å². The number of allylic oxidation sites excluding steroid dienone is 3. The van der Waals surface area contributed by atoms with Gasteiger partial charge in [0.15, 0.2) is 0 Å². The molecule has 1 saturated carbocycles. The van der Waals surface area contributed by atoms with Crippen molar-refractivity contribution in [2.24, 2.45) is 11.3 Å². The molecule has 72 valence electrons. The zero-order valence-electron chi connectivity index (χ0n) is 8.90. The summed E-state index contributed by atoms with van der Waals surface area (Å²) in [6.45, 7) is 9.01. The molecule has 0 unspecified atom stereocenters. The van der Waals surface area contributed by atoms with Crippen LogP contribution in [0.2, 0.25) is 0 Å². The molecule has 0 nitrogen and oxygen atoms in total. The van der Waals surface area contributed by atoms with Crippen molar-refractivity contribution in [1.82, 2.24) is 0 Å². The summed E-state index contributed by atoms with van der Waals surface area (Å²) in [5.74, 6) is 0.808. The molecule has 2 aliphatic rings. The first-order valence-electron chi connectivity index (χ1n) is 5.49. The van der Waals surface area contributed by atoms with Gasteiger partial charge in [0.1, 0.15) is 0 Å². The standard InChI is InChI=1S/C13H20/c1-10-6-5-9-13(3)11(2)7-4-8-12(10)13/h6,12H,2,4-5,7-9H2,1,3H3/t12-,13+/m1/s1. The SMILES string of the molecule is C=C1CCC[C@@H]2C(C)=CCC[C@@]12C. The Balaban J connectivity index is 2.34.